The van der Waals surface area contributed by atoms with Gasteiger partial charge in [0.05, 0.1) is 0 Å². The molecule has 0 aliphatic carbocycles. The van der Waals surface area contributed by atoms with Gasteiger partial charge in [-0.3, -0.25) is 0 Å². The van der Waals surface area contributed by atoms with Crippen LogP contribution in [0.4, 0.5) is 0 Å². The van der Waals surface area contributed by atoms with Gasteiger partial charge in [0.25, 0.3) is 0 Å². The summed E-state index contributed by atoms with van der Waals surface area (Å²) in [5.41, 5.74) is 2.92. The average Bonchev–Trinajstić information content (AvgIpc) is 2.19. The van der Waals surface area contributed by atoms with Crippen LogP contribution in [0.15, 0.2) is 24.3 Å². The van der Waals surface area contributed by atoms with E-state index in [9.17, 15) is 0 Å². The monoisotopic (exact) mass is 190 g/mol. The third-order valence-corrected chi connectivity index (χ3v) is 2.91. The number of hydrogen-bond donors (Lipinski definition) is 0. The van der Waals surface area contributed by atoms with E-state index in [0.717, 1.165) is 5.92 Å². The summed E-state index contributed by atoms with van der Waals surface area (Å²) < 4.78 is 0. The minimum absolute atomic E-state index is 0.773. The maximum atomic E-state index is 2.34. The molecule has 0 nitrogen and oxygen atoms in total. The summed E-state index contributed by atoms with van der Waals surface area (Å²) in [6.07, 6.45) is 5.27. The zero-order chi connectivity index (χ0) is 10.4. The van der Waals surface area contributed by atoms with Crippen LogP contribution < -0.4 is 0 Å². The molecule has 0 saturated heterocycles. The molecule has 0 spiro atoms. The van der Waals surface area contributed by atoms with Crippen LogP contribution in [0.25, 0.3) is 0 Å². The molecule has 0 fully saturated rings. The molecule has 0 radical (unpaired) electrons. The van der Waals surface area contributed by atoms with Crippen LogP contribution in [0.3, 0.4) is 0 Å². The van der Waals surface area contributed by atoms with Gasteiger partial charge in [0.2, 0.25) is 0 Å². The molecule has 0 heterocycles. The highest BCUT2D eigenvalue weighted by atomic mass is 14.1. The summed E-state index contributed by atoms with van der Waals surface area (Å²) in [7, 11) is 0. The van der Waals surface area contributed by atoms with Crippen LogP contribution >= 0.6 is 0 Å². The first-order valence-electron chi connectivity index (χ1n) is 5.84. The van der Waals surface area contributed by atoms with Gasteiger partial charge in [-0.05, 0) is 31.2 Å². The van der Waals surface area contributed by atoms with Gasteiger partial charge in [-0.1, -0.05) is 56.5 Å². The van der Waals surface area contributed by atoms with Crippen molar-refractivity contribution < 1.29 is 0 Å². The van der Waals surface area contributed by atoms with Crippen LogP contribution in [0, 0.1) is 6.92 Å². The molecule has 1 atom stereocenters. The fraction of sp³-hybridized carbons (Fsp3) is 0.571. The van der Waals surface area contributed by atoms with Crippen LogP contribution in [0.2, 0.25) is 0 Å². The third-order valence-electron chi connectivity index (χ3n) is 2.91. The van der Waals surface area contributed by atoms with E-state index in [4.69, 9.17) is 0 Å². The molecule has 78 valence electrons. The van der Waals surface area contributed by atoms with Gasteiger partial charge in [-0.2, -0.15) is 0 Å². The standard InChI is InChI=1S/C14H22/c1-4-6-9-13(5-2)14-10-7-8-12(3)11-14/h7-8,10-11,13H,4-6,9H2,1-3H3. The average molecular weight is 190 g/mol. The number of aryl methyl sites for hydroxylation is 1. The van der Waals surface area contributed by atoms with Gasteiger partial charge >= 0.3 is 0 Å². The Kier molecular flexibility index (Phi) is 4.72. The maximum Gasteiger partial charge on any atom is -0.0164 e. The summed E-state index contributed by atoms with van der Waals surface area (Å²) in [5, 5.41) is 0. The van der Waals surface area contributed by atoms with Crippen LogP contribution in [0.5, 0.6) is 0 Å². The van der Waals surface area contributed by atoms with E-state index in [-0.39, 0.29) is 0 Å². The Bertz CT molecular complexity index is 262. The molecule has 1 rings (SSSR count). The zero-order valence-electron chi connectivity index (χ0n) is 9.72. The van der Waals surface area contributed by atoms with Gasteiger partial charge in [-0.25, -0.2) is 0 Å². The first-order valence-corrected chi connectivity index (χ1v) is 5.84. The molecule has 0 saturated carbocycles. The molecule has 14 heavy (non-hydrogen) atoms. The topological polar surface area (TPSA) is 0 Å². The van der Waals surface area contributed by atoms with Crippen molar-refractivity contribution in [2.75, 3.05) is 0 Å². The molecule has 0 bridgehead atoms. The van der Waals surface area contributed by atoms with Crippen molar-refractivity contribution in [3.05, 3.63) is 35.4 Å². The molecule has 0 N–H and O–H groups in total. The summed E-state index contributed by atoms with van der Waals surface area (Å²) in [6, 6.07) is 8.97. The molecule has 0 aromatic heterocycles. The quantitative estimate of drug-likeness (QED) is 0.632. The molecule has 0 aliphatic rings. The lowest BCUT2D eigenvalue weighted by Crippen LogP contribution is -1.97. The fourth-order valence-electron chi connectivity index (χ4n) is 1.98. The predicted octanol–water partition coefficient (Wildman–Crippen LogP) is 4.68. The lowest BCUT2D eigenvalue weighted by Gasteiger charge is -2.15. The van der Waals surface area contributed by atoms with Crippen molar-refractivity contribution in [3.63, 3.8) is 0 Å². The maximum absolute atomic E-state index is 2.34. The first kappa shape index (κ1) is 11.3. The van der Waals surface area contributed by atoms with E-state index < -0.39 is 0 Å². The van der Waals surface area contributed by atoms with E-state index in [2.05, 4.69) is 45.0 Å². The molecule has 1 aromatic rings. The van der Waals surface area contributed by atoms with Gasteiger partial charge in [0, 0.05) is 0 Å². The lowest BCUT2D eigenvalue weighted by molar-refractivity contribution is 0.569. The van der Waals surface area contributed by atoms with Crippen LogP contribution in [-0.4, -0.2) is 0 Å². The Morgan fingerprint density at radius 2 is 2.00 bits per heavy atom. The first-order chi connectivity index (χ1) is 6.77. The molecule has 1 unspecified atom stereocenters. The Balaban J connectivity index is 2.68. The van der Waals surface area contributed by atoms with Crippen molar-refractivity contribution in [3.8, 4) is 0 Å². The largest absolute Gasteiger partial charge is 0.0654 e. The fourth-order valence-corrected chi connectivity index (χ4v) is 1.98. The Labute approximate surface area is 88.4 Å². The highest BCUT2D eigenvalue weighted by molar-refractivity contribution is 5.25. The Morgan fingerprint density at radius 3 is 2.57 bits per heavy atom. The number of unbranched alkanes of at least 4 members (excludes halogenated alkanes) is 1. The van der Waals surface area contributed by atoms with Crippen LogP contribution in [0.1, 0.15) is 56.6 Å². The highest BCUT2D eigenvalue weighted by Gasteiger charge is 2.07. The summed E-state index contributed by atoms with van der Waals surface area (Å²) in [6.45, 7) is 6.74. The van der Waals surface area contributed by atoms with Crippen molar-refractivity contribution in [1.29, 1.82) is 0 Å². The SMILES string of the molecule is CCCCC(CC)c1cccc(C)c1. The molecular weight excluding hydrogens is 168 g/mol. The van der Waals surface area contributed by atoms with Gasteiger partial charge in [-0.15, -0.1) is 0 Å². The molecular formula is C14H22. The summed E-state index contributed by atoms with van der Waals surface area (Å²) >= 11 is 0. The molecule has 0 amide bonds. The number of benzene rings is 1. The van der Waals surface area contributed by atoms with E-state index in [1.165, 1.54) is 36.8 Å². The van der Waals surface area contributed by atoms with E-state index in [1.807, 2.05) is 0 Å². The summed E-state index contributed by atoms with van der Waals surface area (Å²) in [5.74, 6) is 0.773. The van der Waals surface area contributed by atoms with Crippen molar-refractivity contribution in [1.82, 2.24) is 0 Å². The Hall–Kier alpha value is -0.780. The number of hydrogen-bond acceptors (Lipinski definition) is 0. The second kappa shape index (κ2) is 5.85. The minimum Gasteiger partial charge on any atom is -0.0654 e. The highest BCUT2D eigenvalue weighted by Crippen LogP contribution is 2.25. The van der Waals surface area contributed by atoms with Gasteiger partial charge < -0.3 is 0 Å². The van der Waals surface area contributed by atoms with E-state index >= 15 is 0 Å². The molecule has 1 aromatic carbocycles. The van der Waals surface area contributed by atoms with Crippen molar-refractivity contribution in [2.45, 2.75) is 52.4 Å². The van der Waals surface area contributed by atoms with Gasteiger partial charge in [0.1, 0.15) is 0 Å². The van der Waals surface area contributed by atoms with Crippen LogP contribution in [-0.2, 0) is 0 Å². The Morgan fingerprint density at radius 1 is 1.21 bits per heavy atom. The van der Waals surface area contributed by atoms with Gasteiger partial charge in [0.15, 0.2) is 0 Å². The lowest BCUT2D eigenvalue weighted by atomic mass is 9.90. The molecule has 0 aliphatic heterocycles. The zero-order valence-corrected chi connectivity index (χ0v) is 9.72. The smallest absolute Gasteiger partial charge is 0.0164 e. The second-order valence-corrected chi connectivity index (χ2v) is 4.16. The van der Waals surface area contributed by atoms with Crippen molar-refractivity contribution in [2.24, 2.45) is 0 Å². The van der Waals surface area contributed by atoms with Crippen molar-refractivity contribution >= 4 is 0 Å². The normalized spacial score (nSPS) is 12.8. The predicted molar refractivity (Wildman–Crippen MR) is 63.7 cm³/mol. The summed E-state index contributed by atoms with van der Waals surface area (Å²) in [4.78, 5) is 0. The third kappa shape index (κ3) is 3.17. The second-order valence-electron chi connectivity index (χ2n) is 4.16. The van der Waals surface area contributed by atoms with E-state index in [1.54, 1.807) is 0 Å². The van der Waals surface area contributed by atoms with E-state index in [0.29, 0.717) is 0 Å². The number of rotatable bonds is 5. The molecule has 0 heteroatoms. The minimum atomic E-state index is 0.773.